The summed E-state index contributed by atoms with van der Waals surface area (Å²) >= 11 is 0. The van der Waals surface area contributed by atoms with Crippen LogP contribution in [-0.4, -0.2) is 5.91 Å². The first kappa shape index (κ1) is 11.7. The van der Waals surface area contributed by atoms with Crippen LogP contribution in [-0.2, 0) is 4.79 Å². The summed E-state index contributed by atoms with van der Waals surface area (Å²) in [5, 5.41) is 0. The van der Waals surface area contributed by atoms with Gasteiger partial charge in [0.1, 0.15) is 5.82 Å². The molecule has 0 aliphatic carbocycles. The summed E-state index contributed by atoms with van der Waals surface area (Å²) in [6.07, 6.45) is 0. The lowest BCUT2D eigenvalue weighted by Gasteiger charge is -2.42. The Balaban J connectivity index is 1.98. The second-order valence-electron chi connectivity index (χ2n) is 4.49. The smallest absolute Gasteiger partial charge is 0.256 e. The van der Waals surface area contributed by atoms with E-state index in [4.69, 9.17) is 0 Å². The molecular formula is C16H12FNO. The minimum atomic E-state index is -0.286. The first-order valence-corrected chi connectivity index (χ1v) is 6.01. The SMILES string of the molecule is C=C1C(=O)N(c2ccccc2)C1c1ccc(F)cc1. The highest BCUT2D eigenvalue weighted by Crippen LogP contribution is 2.41. The number of anilines is 1. The van der Waals surface area contributed by atoms with Gasteiger partial charge in [-0.2, -0.15) is 0 Å². The van der Waals surface area contributed by atoms with Crippen LogP contribution >= 0.6 is 0 Å². The number of hydrogen-bond donors (Lipinski definition) is 0. The number of benzene rings is 2. The quantitative estimate of drug-likeness (QED) is 0.592. The fourth-order valence-corrected chi connectivity index (χ4v) is 2.33. The van der Waals surface area contributed by atoms with Gasteiger partial charge in [-0.15, -0.1) is 0 Å². The molecule has 3 rings (SSSR count). The Bertz CT molecular complexity index is 634. The zero-order valence-electron chi connectivity index (χ0n) is 10.2. The number of carbonyl (C=O) groups excluding carboxylic acids is 1. The van der Waals surface area contributed by atoms with Gasteiger partial charge in [0, 0.05) is 11.3 Å². The van der Waals surface area contributed by atoms with Crippen molar-refractivity contribution in [3.05, 3.63) is 78.1 Å². The van der Waals surface area contributed by atoms with E-state index >= 15 is 0 Å². The van der Waals surface area contributed by atoms with Gasteiger partial charge in [0.2, 0.25) is 0 Å². The van der Waals surface area contributed by atoms with Crippen LogP contribution in [0.3, 0.4) is 0 Å². The molecule has 2 nitrogen and oxygen atoms in total. The summed E-state index contributed by atoms with van der Waals surface area (Å²) in [6, 6.07) is 15.4. The maximum atomic E-state index is 13.0. The molecular weight excluding hydrogens is 241 g/mol. The van der Waals surface area contributed by atoms with Gasteiger partial charge < -0.3 is 0 Å². The molecule has 2 aromatic rings. The third kappa shape index (κ3) is 1.83. The zero-order chi connectivity index (χ0) is 13.4. The van der Waals surface area contributed by atoms with E-state index in [-0.39, 0.29) is 17.8 Å². The Morgan fingerprint density at radius 2 is 1.63 bits per heavy atom. The number of carbonyl (C=O) groups is 1. The molecule has 1 atom stereocenters. The molecule has 1 saturated heterocycles. The lowest BCUT2D eigenvalue weighted by molar-refractivity contribution is -0.118. The Labute approximate surface area is 110 Å². The maximum Gasteiger partial charge on any atom is 0.256 e. The largest absolute Gasteiger partial charge is 0.297 e. The lowest BCUT2D eigenvalue weighted by Crippen LogP contribution is -2.48. The van der Waals surface area contributed by atoms with Gasteiger partial charge in [0.05, 0.1) is 6.04 Å². The Hall–Kier alpha value is -2.42. The van der Waals surface area contributed by atoms with Crippen LogP contribution in [0.1, 0.15) is 11.6 Å². The molecule has 1 heterocycles. The number of nitrogens with zero attached hydrogens (tertiary/aromatic N) is 1. The topological polar surface area (TPSA) is 20.3 Å². The van der Waals surface area contributed by atoms with E-state index < -0.39 is 0 Å². The van der Waals surface area contributed by atoms with E-state index in [1.54, 1.807) is 17.0 Å². The van der Waals surface area contributed by atoms with E-state index in [1.165, 1.54) is 12.1 Å². The molecule has 0 radical (unpaired) electrons. The summed E-state index contributed by atoms with van der Waals surface area (Å²) in [5.41, 5.74) is 2.24. The molecule has 1 aliphatic rings. The van der Waals surface area contributed by atoms with Crippen LogP contribution in [0.5, 0.6) is 0 Å². The molecule has 94 valence electrons. The van der Waals surface area contributed by atoms with Gasteiger partial charge in [0.15, 0.2) is 0 Å². The minimum absolute atomic E-state index is 0.0828. The molecule has 0 saturated carbocycles. The maximum absolute atomic E-state index is 13.0. The molecule has 1 amide bonds. The molecule has 0 spiro atoms. The van der Waals surface area contributed by atoms with Gasteiger partial charge >= 0.3 is 0 Å². The number of amides is 1. The monoisotopic (exact) mass is 253 g/mol. The van der Waals surface area contributed by atoms with Crippen molar-refractivity contribution >= 4 is 11.6 Å². The fraction of sp³-hybridized carbons (Fsp3) is 0.0625. The summed E-state index contributed by atoms with van der Waals surface area (Å²) in [6.45, 7) is 3.81. The molecule has 1 unspecified atom stereocenters. The first-order chi connectivity index (χ1) is 9.18. The summed E-state index contributed by atoms with van der Waals surface area (Å²) < 4.78 is 13.0. The fourth-order valence-electron chi connectivity index (χ4n) is 2.33. The van der Waals surface area contributed by atoms with Crippen LogP contribution in [0.25, 0.3) is 0 Å². The summed E-state index contributed by atoms with van der Waals surface area (Å²) in [5.74, 6) is -0.369. The second-order valence-corrected chi connectivity index (χ2v) is 4.49. The second kappa shape index (κ2) is 4.35. The van der Waals surface area contributed by atoms with Crippen molar-refractivity contribution in [2.45, 2.75) is 6.04 Å². The van der Waals surface area contributed by atoms with Crippen molar-refractivity contribution in [3.8, 4) is 0 Å². The standard InChI is InChI=1S/C16H12FNO/c1-11-15(12-7-9-13(17)10-8-12)18(16(11)19)14-5-3-2-4-6-14/h2-10,15H,1H2. The van der Waals surface area contributed by atoms with Gasteiger partial charge in [-0.05, 0) is 29.8 Å². The number of rotatable bonds is 2. The lowest BCUT2D eigenvalue weighted by atomic mass is 9.88. The van der Waals surface area contributed by atoms with Gasteiger partial charge in [-0.3, -0.25) is 9.69 Å². The third-order valence-electron chi connectivity index (χ3n) is 3.30. The van der Waals surface area contributed by atoms with Gasteiger partial charge in [0.25, 0.3) is 5.91 Å². The molecule has 2 aromatic carbocycles. The van der Waals surface area contributed by atoms with E-state index in [0.717, 1.165) is 11.3 Å². The van der Waals surface area contributed by atoms with Gasteiger partial charge in [-0.25, -0.2) is 4.39 Å². The van der Waals surface area contributed by atoms with E-state index in [1.807, 2.05) is 30.3 Å². The third-order valence-corrected chi connectivity index (χ3v) is 3.30. The number of hydrogen-bond acceptors (Lipinski definition) is 1. The Kier molecular flexibility index (Phi) is 2.67. The molecule has 19 heavy (non-hydrogen) atoms. The van der Waals surface area contributed by atoms with Crippen LogP contribution in [0, 0.1) is 5.82 Å². The van der Waals surface area contributed by atoms with Crippen molar-refractivity contribution in [3.63, 3.8) is 0 Å². The van der Waals surface area contributed by atoms with Crippen molar-refractivity contribution in [1.29, 1.82) is 0 Å². The van der Waals surface area contributed by atoms with Gasteiger partial charge in [-0.1, -0.05) is 36.9 Å². The highest BCUT2D eigenvalue weighted by atomic mass is 19.1. The number of halogens is 1. The number of β-lactam (4-membered cyclic amide) rings is 1. The average molecular weight is 253 g/mol. The average Bonchev–Trinajstić information content (AvgIpc) is 2.46. The number of para-hydroxylation sites is 1. The summed E-state index contributed by atoms with van der Waals surface area (Å²) in [4.78, 5) is 13.6. The Morgan fingerprint density at radius 3 is 2.26 bits per heavy atom. The summed E-state index contributed by atoms with van der Waals surface area (Å²) in [7, 11) is 0. The molecule has 3 heteroatoms. The molecule has 0 bridgehead atoms. The van der Waals surface area contributed by atoms with E-state index in [0.29, 0.717) is 5.57 Å². The normalized spacial score (nSPS) is 18.4. The van der Waals surface area contributed by atoms with Crippen LogP contribution < -0.4 is 4.90 Å². The minimum Gasteiger partial charge on any atom is -0.297 e. The predicted molar refractivity (Wildman–Crippen MR) is 72.2 cm³/mol. The zero-order valence-corrected chi connectivity index (χ0v) is 10.2. The highest BCUT2D eigenvalue weighted by molar-refractivity contribution is 6.14. The molecule has 1 aliphatic heterocycles. The van der Waals surface area contributed by atoms with Crippen molar-refractivity contribution in [2.75, 3.05) is 4.90 Å². The molecule has 0 N–H and O–H groups in total. The van der Waals surface area contributed by atoms with Crippen molar-refractivity contribution in [2.24, 2.45) is 0 Å². The Morgan fingerprint density at radius 1 is 1.00 bits per heavy atom. The van der Waals surface area contributed by atoms with E-state index in [9.17, 15) is 9.18 Å². The molecule has 1 fully saturated rings. The van der Waals surface area contributed by atoms with E-state index in [2.05, 4.69) is 6.58 Å². The van der Waals surface area contributed by atoms with Crippen molar-refractivity contribution < 1.29 is 9.18 Å². The van der Waals surface area contributed by atoms with Crippen LogP contribution in [0.4, 0.5) is 10.1 Å². The first-order valence-electron chi connectivity index (χ1n) is 6.01. The van der Waals surface area contributed by atoms with Crippen LogP contribution in [0.15, 0.2) is 66.7 Å². The predicted octanol–water partition coefficient (Wildman–Crippen LogP) is 3.47. The van der Waals surface area contributed by atoms with Crippen LogP contribution in [0.2, 0.25) is 0 Å². The van der Waals surface area contributed by atoms with Crippen molar-refractivity contribution in [1.82, 2.24) is 0 Å². The highest BCUT2D eigenvalue weighted by Gasteiger charge is 2.42. The molecule has 0 aromatic heterocycles.